The zero-order valence-corrected chi connectivity index (χ0v) is 20.5. The number of carbonyl (C=O) groups excluding carboxylic acids is 1. The first kappa shape index (κ1) is 20.3. The van der Waals surface area contributed by atoms with E-state index in [2.05, 4.69) is 61.3 Å². The molecule has 1 aromatic carbocycles. The second kappa shape index (κ2) is 9.15. The van der Waals surface area contributed by atoms with Crippen LogP contribution in [-0.2, 0) is 32.4 Å². The van der Waals surface area contributed by atoms with Gasteiger partial charge in [-0.05, 0) is 0 Å². The van der Waals surface area contributed by atoms with Gasteiger partial charge >= 0.3 is 169 Å². The third kappa shape index (κ3) is 4.68. The quantitative estimate of drug-likeness (QED) is 0.585. The first-order chi connectivity index (χ1) is 12.5. The summed E-state index contributed by atoms with van der Waals surface area (Å²) in [4.78, 5) is 13.1. The predicted octanol–water partition coefficient (Wildman–Crippen LogP) is 5.36. The summed E-state index contributed by atoms with van der Waals surface area (Å²) < 4.78 is 5.43. The zero-order valence-electron chi connectivity index (χ0n) is 16.8. The molecule has 2 aliphatic carbocycles. The van der Waals surface area contributed by atoms with E-state index in [1.807, 2.05) is 0 Å². The summed E-state index contributed by atoms with van der Waals surface area (Å²) in [5, 5.41) is 0. The zero-order chi connectivity index (χ0) is 18.7. The Bertz CT molecular complexity index is 656. The Hall–Kier alpha value is -0.470. The fourth-order valence-electron chi connectivity index (χ4n) is 4.87. The fourth-order valence-corrected chi connectivity index (χ4v) is 27.7. The molecule has 141 valence electrons. The van der Waals surface area contributed by atoms with Crippen molar-refractivity contribution in [1.29, 1.82) is 0 Å². The van der Waals surface area contributed by atoms with Crippen LogP contribution in [0.5, 0.6) is 0 Å². The Labute approximate surface area is 168 Å². The van der Waals surface area contributed by atoms with Gasteiger partial charge in [-0.2, -0.15) is 0 Å². The molecule has 0 heterocycles. The molecule has 26 heavy (non-hydrogen) atoms. The van der Waals surface area contributed by atoms with Crippen molar-refractivity contribution in [3.63, 3.8) is 0 Å². The number of hydrogen-bond donors (Lipinski definition) is 1. The number of nitrogens with one attached hydrogen (secondary N) is 1. The monoisotopic (exact) mass is 446 g/mol. The number of carbonyl (C=O) groups is 1. The number of fused-ring (bicyclic) bond motifs is 1. The van der Waals surface area contributed by atoms with Gasteiger partial charge in [-0.15, -0.1) is 0 Å². The van der Waals surface area contributed by atoms with Crippen LogP contribution in [0.1, 0.15) is 70.9 Å². The Morgan fingerprint density at radius 1 is 1.08 bits per heavy atom. The molecule has 3 rings (SSSR count). The van der Waals surface area contributed by atoms with E-state index in [4.69, 9.17) is 0 Å². The second-order valence-electron chi connectivity index (χ2n) is 8.80. The Morgan fingerprint density at radius 2 is 1.73 bits per heavy atom. The molecule has 2 aliphatic rings. The molecule has 0 spiro atoms. The van der Waals surface area contributed by atoms with E-state index in [1.54, 1.807) is 3.28 Å². The normalized spacial score (nSPS) is 17.6. The van der Waals surface area contributed by atoms with Gasteiger partial charge in [0.05, 0.1) is 0 Å². The minimum atomic E-state index is -2.15. The third-order valence-electron chi connectivity index (χ3n) is 6.12. The summed E-state index contributed by atoms with van der Waals surface area (Å²) in [5.74, 6) is -0.292. The van der Waals surface area contributed by atoms with Crippen LogP contribution in [0.3, 0.4) is 0 Å². The molecule has 0 aromatic heterocycles. The molecule has 1 N–H and O–H groups in total. The standard InChI is InChI=1S/C9H7.C7H13NO.C6H15Si.Zr/c1-2-5-9-7-3-6-8(9)4-1;8-7(9)6-4-2-1-3-5-6;1-5(2)7-6(3)4;/h1-2,4-6H,7H2;6H,1-5H2,(H2,8,9);5-7H,1-4H3;/q;;;+1/p-1. The molecule has 0 atom stereocenters. The van der Waals surface area contributed by atoms with Gasteiger partial charge in [0, 0.05) is 0 Å². The van der Waals surface area contributed by atoms with Crippen molar-refractivity contribution in [1.82, 2.24) is 3.26 Å². The molecule has 0 aliphatic heterocycles. The molecular weight excluding hydrogens is 414 g/mol. The van der Waals surface area contributed by atoms with E-state index < -0.39 is 27.1 Å². The summed E-state index contributed by atoms with van der Waals surface area (Å²) in [7, 11) is 0. The number of allylic oxidation sites excluding steroid dienone is 1. The molecule has 0 radical (unpaired) electrons. The van der Waals surface area contributed by atoms with Gasteiger partial charge in [0.15, 0.2) is 0 Å². The molecule has 1 amide bonds. The topological polar surface area (TPSA) is 29.1 Å². The van der Waals surface area contributed by atoms with Crippen LogP contribution < -0.4 is 3.26 Å². The third-order valence-corrected chi connectivity index (χ3v) is 31.2. The molecule has 0 bridgehead atoms. The Kier molecular flexibility index (Phi) is 7.13. The summed E-state index contributed by atoms with van der Waals surface area (Å²) in [6.45, 7) is 9.64. The Morgan fingerprint density at radius 3 is 2.35 bits per heavy atom. The van der Waals surface area contributed by atoms with Crippen molar-refractivity contribution in [2.45, 2.75) is 77.3 Å². The van der Waals surface area contributed by atoms with Crippen LogP contribution in [0.25, 0.3) is 6.08 Å². The van der Waals surface area contributed by atoms with Crippen LogP contribution in [-0.4, -0.2) is 11.8 Å². The van der Waals surface area contributed by atoms with Crippen molar-refractivity contribution >= 4 is 17.9 Å². The van der Waals surface area contributed by atoms with Gasteiger partial charge in [-0.1, -0.05) is 0 Å². The summed E-state index contributed by atoms with van der Waals surface area (Å²) in [5.41, 5.74) is 4.39. The van der Waals surface area contributed by atoms with Crippen LogP contribution >= 0.6 is 0 Å². The van der Waals surface area contributed by atoms with E-state index in [-0.39, 0.29) is 5.92 Å². The van der Waals surface area contributed by atoms with Crippen LogP contribution in [0.4, 0.5) is 0 Å². The van der Waals surface area contributed by atoms with E-state index in [9.17, 15) is 4.79 Å². The van der Waals surface area contributed by atoms with Gasteiger partial charge in [-0.3, -0.25) is 0 Å². The number of amides is 1. The van der Waals surface area contributed by atoms with Crippen LogP contribution in [0.15, 0.2) is 27.5 Å². The van der Waals surface area contributed by atoms with Crippen molar-refractivity contribution in [2.24, 2.45) is 5.92 Å². The molecule has 1 fully saturated rings. The molecule has 4 heteroatoms. The van der Waals surface area contributed by atoms with E-state index in [1.165, 1.54) is 30.4 Å². The van der Waals surface area contributed by atoms with Crippen molar-refractivity contribution in [3.8, 4) is 0 Å². The average molecular weight is 448 g/mol. The Balaban J connectivity index is 1.84. The number of benzene rings is 1. The van der Waals surface area contributed by atoms with Crippen LogP contribution in [0.2, 0.25) is 11.1 Å². The van der Waals surface area contributed by atoms with Crippen molar-refractivity contribution < 1.29 is 26.0 Å². The molecular formula is C22H34NOSiZr. The fraction of sp³-hybridized carbons (Fsp3) is 0.591. The second-order valence-corrected chi connectivity index (χ2v) is 25.1. The first-order valence-electron chi connectivity index (χ1n) is 10.4. The average Bonchev–Trinajstić information content (AvgIpc) is 3.05. The van der Waals surface area contributed by atoms with Gasteiger partial charge in [0.2, 0.25) is 0 Å². The van der Waals surface area contributed by atoms with E-state index in [0.29, 0.717) is 5.91 Å². The van der Waals surface area contributed by atoms with Gasteiger partial charge in [0.25, 0.3) is 0 Å². The maximum absolute atomic E-state index is 13.1. The number of hydrogen-bond acceptors (Lipinski definition) is 1. The molecule has 0 unspecified atom stereocenters. The predicted molar refractivity (Wildman–Crippen MR) is 110 cm³/mol. The SMILES string of the molecule is CC(C)[SiH](C(C)C)[Zr]([NH]C(=O)C1CCCCC1)[C]1=Cc2ccccc2C1. The summed E-state index contributed by atoms with van der Waals surface area (Å²) >= 11 is -2.15. The first-order valence-corrected chi connectivity index (χ1v) is 19.1. The van der Waals surface area contributed by atoms with Gasteiger partial charge in [-0.25, -0.2) is 0 Å². The molecule has 2 nitrogen and oxygen atoms in total. The van der Waals surface area contributed by atoms with Crippen LogP contribution in [0, 0.1) is 5.92 Å². The van der Waals surface area contributed by atoms with Gasteiger partial charge < -0.3 is 0 Å². The molecule has 1 aromatic rings. The van der Waals surface area contributed by atoms with Crippen molar-refractivity contribution in [3.05, 3.63) is 38.7 Å². The minimum absolute atomic E-state index is 0.290. The summed E-state index contributed by atoms with van der Waals surface area (Å²) in [6.07, 6.45) is 9.55. The molecule has 0 saturated heterocycles. The van der Waals surface area contributed by atoms with Gasteiger partial charge in [0.1, 0.15) is 0 Å². The summed E-state index contributed by atoms with van der Waals surface area (Å²) in [6, 6.07) is 8.80. The van der Waals surface area contributed by atoms with E-state index >= 15 is 0 Å². The maximum atomic E-state index is 13.1. The van der Waals surface area contributed by atoms with Crippen molar-refractivity contribution in [2.75, 3.05) is 0 Å². The number of rotatable bonds is 6. The molecule has 1 saturated carbocycles. The van der Waals surface area contributed by atoms with E-state index in [0.717, 1.165) is 30.3 Å².